The van der Waals surface area contributed by atoms with E-state index < -0.39 is 10.0 Å². The lowest BCUT2D eigenvalue weighted by molar-refractivity contribution is -0.123. The third-order valence-electron chi connectivity index (χ3n) is 4.75. The molecule has 8 heteroatoms. The van der Waals surface area contributed by atoms with Crippen LogP contribution in [0.1, 0.15) is 32.1 Å². The fourth-order valence-electron chi connectivity index (χ4n) is 3.14. The molecular weight excluding hydrogens is 424 g/mol. The Bertz CT molecular complexity index is 987. The van der Waals surface area contributed by atoms with Crippen LogP contribution in [0.25, 0.3) is 0 Å². The van der Waals surface area contributed by atoms with E-state index in [1.54, 1.807) is 24.3 Å². The molecule has 30 heavy (non-hydrogen) atoms. The number of rotatable bonds is 9. The molecule has 1 aliphatic carbocycles. The van der Waals surface area contributed by atoms with Gasteiger partial charge >= 0.3 is 0 Å². The number of nitrogens with one attached hydrogen (secondary N) is 2. The topological polar surface area (TPSA) is 84.5 Å². The summed E-state index contributed by atoms with van der Waals surface area (Å²) in [5.74, 6) is 0.220. The summed E-state index contributed by atoms with van der Waals surface area (Å²) in [7, 11) is -3.73. The van der Waals surface area contributed by atoms with Gasteiger partial charge < -0.3 is 10.1 Å². The van der Waals surface area contributed by atoms with E-state index >= 15 is 0 Å². The number of halogens is 1. The van der Waals surface area contributed by atoms with Gasteiger partial charge in [0.1, 0.15) is 5.75 Å². The summed E-state index contributed by atoms with van der Waals surface area (Å²) in [6, 6.07) is 12.3. The second-order valence-corrected chi connectivity index (χ2v) is 9.20. The Morgan fingerprint density at radius 3 is 2.43 bits per heavy atom. The molecular formula is C22H25ClN2O4S. The molecule has 0 fully saturated rings. The molecule has 0 unspecified atom stereocenters. The van der Waals surface area contributed by atoms with Gasteiger partial charge in [0, 0.05) is 17.3 Å². The van der Waals surface area contributed by atoms with Gasteiger partial charge in [0.25, 0.3) is 15.9 Å². The fraction of sp³-hybridized carbons (Fsp3) is 0.318. The molecule has 160 valence electrons. The molecule has 0 heterocycles. The molecule has 1 aliphatic rings. The number of sulfonamides is 1. The van der Waals surface area contributed by atoms with Crippen LogP contribution in [0.15, 0.2) is 65.1 Å². The van der Waals surface area contributed by atoms with Crippen LogP contribution >= 0.6 is 11.6 Å². The molecule has 3 rings (SSSR count). The minimum Gasteiger partial charge on any atom is -0.484 e. The predicted molar refractivity (Wildman–Crippen MR) is 118 cm³/mol. The minimum atomic E-state index is -3.73. The molecule has 2 aromatic rings. The van der Waals surface area contributed by atoms with Crippen molar-refractivity contribution in [2.75, 3.05) is 17.9 Å². The number of carbonyl (C=O) groups is 1. The van der Waals surface area contributed by atoms with E-state index in [0.29, 0.717) is 23.0 Å². The molecule has 0 aliphatic heterocycles. The third kappa shape index (κ3) is 6.78. The van der Waals surface area contributed by atoms with E-state index in [1.165, 1.54) is 42.7 Å². The monoisotopic (exact) mass is 448 g/mol. The Hall–Kier alpha value is -2.51. The van der Waals surface area contributed by atoms with Crippen molar-refractivity contribution in [2.45, 2.75) is 37.0 Å². The predicted octanol–water partition coefficient (Wildman–Crippen LogP) is 4.53. The lowest BCUT2D eigenvalue weighted by Crippen LogP contribution is -2.30. The zero-order valence-electron chi connectivity index (χ0n) is 16.6. The molecule has 0 radical (unpaired) electrons. The van der Waals surface area contributed by atoms with Gasteiger partial charge in [-0.15, -0.1) is 0 Å². The number of ether oxygens (including phenoxy) is 1. The van der Waals surface area contributed by atoms with Crippen LogP contribution in [0.3, 0.4) is 0 Å². The van der Waals surface area contributed by atoms with Crippen molar-refractivity contribution in [1.29, 1.82) is 0 Å². The summed E-state index contributed by atoms with van der Waals surface area (Å²) in [4.78, 5) is 12.0. The van der Waals surface area contributed by atoms with E-state index in [-0.39, 0.29) is 17.4 Å². The number of benzene rings is 2. The van der Waals surface area contributed by atoms with Crippen LogP contribution in [0.4, 0.5) is 5.69 Å². The molecule has 0 aromatic heterocycles. The Morgan fingerprint density at radius 2 is 1.77 bits per heavy atom. The van der Waals surface area contributed by atoms with Crippen molar-refractivity contribution in [3.8, 4) is 5.75 Å². The fourth-order valence-corrected chi connectivity index (χ4v) is 4.33. The molecule has 0 spiro atoms. The van der Waals surface area contributed by atoms with Crippen LogP contribution in [-0.4, -0.2) is 27.5 Å². The number of allylic oxidation sites excluding steroid dienone is 1. The Kier molecular flexibility index (Phi) is 7.76. The van der Waals surface area contributed by atoms with E-state index in [9.17, 15) is 13.2 Å². The highest BCUT2D eigenvalue weighted by Crippen LogP contribution is 2.21. The molecule has 0 bridgehead atoms. The summed E-state index contributed by atoms with van der Waals surface area (Å²) in [6.45, 7) is 0.482. The molecule has 0 saturated carbocycles. The molecule has 0 saturated heterocycles. The quantitative estimate of drug-likeness (QED) is 0.552. The third-order valence-corrected chi connectivity index (χ3v) is 6.40. The van der Waals surface area contributed by atoms with Gasteiger partial charge in [0.15, 0.2) is 6.61 Å². The zero-order valence-corrected chi connectivity index (χ0v) is 18.1. The normalized spacial score (nSPS) is 14.0. The molecule has 0 atom stereocenters. The summed E-state index contributed by atoms with van der Waals surface area (Å²) < 4.78 is 32.9. The highest BCUT2D eigenvalue weighted by Gasteiger charge is 2.14. The van der Waals surface area contributed by atoms with Crippen molar-refractivity contribution in [3.63, 3.8) is 0 Å². The van der Waals surface area contributed by atoms with Gasteiger partial charge in [-0.3, -0.25) is 9.52 Å². The van der Waals surface area contributed by atoms with Crippen molar-refractivity contribution in [1.82, 2.24) is 5.32 Å². The van der Waals surface area contributed by atoms with Crippen LogP contribution in [0.5, 0.6) is 5.75 Å². The maximum absolute atomic E-state index is 12.5. The van der Waals surface area contributed by atoms with Gasteiger partial charge in [-0.1, -0.05) is 23.3 Å². The standard InChI is InChI=1S/C22H25ClN2O4S/c23-18-6-8-19(9-7-18)25-30(27,28)21-12-10-20(11-13-21)29-16-22(26)24-15-14-17-4-2-1-3-5-17/h4,6-13,25H,1-3,5,14-16H2,(H,24,26). The van der Waals surface area contributed by atoms with Gasteiger partial charge in [0.05, 0.1) is 4.90 Å². The summed E-state index contributed by atoms with van der Waals surface area (Å²) in [5, 5.41) is 3.37. The van der Waals surface area contributed by atoms with Gasteiger partial charge in [-0.2, -0.15) is 0 Å². The largest absolute Gasteiger partial charge is 0.484 e. The second kappa shape index (κ2) is 10.5. The highest BCUT2D eigenvalue weighted by atomic mass is 35.5. The van der Waals surface area contributed by atoms with E-state index in [1.807, 2.05) is 0 Å². The average Bonchev–Trinajstić information content (AvgIpc) is 2.75. The van der Waals surface area contributed by atoms with Crippen molar-refractivity contribution in [3.05, 3.63) is 65.2 Å². The molecule has 1 amide bonds. The molecule has 2 N–H and O–H groups in total. The van der Waals surface area contributed by atoms with Crippen LogP contribution in [-0.2, 0) is 14.8 Å². The Morgan fingerprint density at radius 1 is 1.03 bits per heavy atom. The van der Waals surface area contributed by atoms with Crippen molar-refractivity contribution >= 4 is 33.2 Å². The molecule has 2 aromatic carbocycles. The van der Waals surface area contributed by atoms with E-state index in [4.69, 9.17) is 16.3 Å². The number of carbonyl (C=O) groups excluding carboxylic acids is 1. The number of amides is 1. The summed E-state index contributed by atoms with van der Waals surface area (Å²) in [5.41, 5.74) is 1.83. The van der Waals surface area contributed by atoms with Gasteiger partial charge in [0.2, 0.25) is 0 Å². The summed E-state index contributed by atoms with van der Waals surface area (Å²) in [6.07, 6.45) is 7.87. The van der Waals surface area contributed by atoms with Crippen LogP contribution in [0, 0.1) is 0 Å². The van der Waals surface area contributed by atoms with Crippen molar-refractivity contribution < 1.29 is 17.9 Å². The van der Waals surface area contributed by atoms with Gasteiger partial charge in [-0.25, -0.2) is 8.42 Å². The first-order valence-corrected chi connectivity index (χ1v) is 11.7. The minimum absolute atomic E-state index is 0.0926. The molecule has 6 nitrogen and oxygen atoms in total. The van der Waals surface area contributed by atoms with E-state index in [0.717, 1.165) is 19.3 Å². The summed E-state index contributed by atoms with van der Waals surface area (Å²) >= 11 is 5.81. The maximum atomic E-state index is 12.5. The van der Waals surface area contributed by atoms with Crippen molar-refractivity contribution in [2.24, 2.45) is 0 Å². The maximum Gasteiger partial charge on any atom is 0.261 e. The highest BCUT2D eigenvalue weighted by molar-refractivity contribution is 7.92. The number of hydrogen-bond acceptors (Lipinski definition) is 4. The lowest BCUT2D eigenvalue weighted by atomic mass is 9.97. The second-order valence-electron chi connectivity index (χ2n) is 7.08. The van der Waals surface area contributed by atoms with Crippen LogP contribution < -0.4 is 14.8 Å². The first kappa shape index (κ1) is 22.2. The van der Waals surface area contributed by atoms with E-state index in [2.05, 4.69) is 16.1 Å². The Balaban J connectivity index is 1.46. The average molecular weight is 449 g/mol. The first-order valence-electron chi connectivity index (χ1n) is 9.88. The number of hydrogen-bond donors (Lipinski definition) is 2. The zero-order chi connectivity index (χ0) is 21.4. The van der Waals surface area contributed by atoms with Gasteiger partial charge in [-0.05, 0) is 80.6 Å². The SMILES string of the molecule is O=C(COc1ccc(S(=O)(=O)Nc2ccc(Cl)cc2)cc1)NCCC1=CCCCC1. The van der Waals surface area contributed by atoms with Crippen LogP contribution in [0.2, 0.25) is 5.02 Å². The smallest absolute Gasteiger partial charge is 0.261 e. The Labute approximate surface area is 182 Å². The lowest BCUT2D eigenvalue weighted by Gasteiger charge is -2.13. The first-order chi connectivity index (χ1) is 14.4. The number of anilines is 1.